The number of fused-ring (bicyclic) bond motifs is 1. The van der Waals surface area contributed by atoms with E-state index >= 15 is 0 Å². The number of halogens is 1. The van der Waals surface area contributed by atoms with Gasteiger partial charge < -0.3 is 9.64 Å². The molecule has 0 aliphatic carbocycles. The normalized spacial score (nSPS) is 23.2. The lowest BCUT2D eigenvalue weighted by atomic mass is 10.1. The van der Waals surface area contributed by atoms with E-state index in [1.165, 1.54) is 23.5 Å². The zero-order chi connectivity index (χ0) is 18.3. The number of benzene rings is 1. The fourth-order valence-corrected chi connectivity index (χ4v) is 5.79. The van der Waals surface area contributed by atoms with Gasteiger partial charge in [-0.05, 0) is 42.7 Å². The molecule has 1 aromatic heterocycles. The van der Waals surface area contributed by atoms with Crippen LogP contribution in [-0.2, 0) is 10.0 Å². The van der Waals surface area contributed by atoms with Gasteiger partial charge in [0, 0.05) is 31.9 Å². The summed E-state index contributed by atoms with van der Waals surface area (Å²) in [5, 5.41) is 0. The molecule has 0 saturated carbocycles. The molecule has 2 aliphatic heterocycles. The molecule has 6 nitrogen and oxygen atoms in total. The molecule has 3 heterocycles. The second kappa shape index (κ2) is 6.51. The second-order valence-corrected chi connectivity index (χ2v) is 8.48. The lowest BCUT2D eigenvalue weighted by Crippen LogP contribution is -2.39. The number of pyridine rings is 1. The highest BCUT2D eigenvalue weighted by Gasteiger charge is 2.47. The van der Waals surface area contributed by atoms with E-state index in [0.29, 0.717) is 13.1 Å². The standard InChI is InChI=1S/C18H20FN3O3S/c1-25-16-6-5-14(19)10-17(16)26(23,24)22-9-7-13-11-21(12-15(13)22)18-4-2-3-8-20-18/h2-6,8,10,13,15H,7,9,11-12H2,1H3. The first-order valence-electron chi connectivity index (χ1n) is 8.52. The van der Waals surface area contributed by atoms with Gasteiger partial charge in [0.1, 0.15) is 22.3 Å². The third kappa shape index (κ3) is 2.83. The minimum absolute atomic E-state index is 0.114. The minimum Gasteiger partial charge on any atom is -0.495 e. The molecule has 8 heteroatoms. The molecule has 0 bridgehead atoms. The molecule has 2 fully saturated rings. The van der Waals surface area contributed by atoms with Gasteiger partial charge in [-0.3, -0.25) is 0 Å². The number of hydrogen-bond donors (Lipinski definition) is 0. The Morgan fingerprint density at radius 2 is 2.08 bits per heavy atom. The van der Waals surface area contributed by atoms with Gasteiger partial charge in [-0.15, -0.1) is 0 Å². The maximum absolute atomic E-state index is 13.7. The van der Waals surface area contributed by atoms with Crippen LogP contribution in [0, 0.1) is 11.7 Å². The molecule has 0 radical (unpaired) electrons. The van der Waals surface area contributed by atoms with Crippen LogP contribution in [0.2, 0.25) is 0 Å². The van der Waals surface area contributed by atoms with E-state index in [-0.39, 0.29) is 22.6 Å². The van der Waals surface area contributed by atoms with Crippen LogP contribution in [0.25, 0.3) is 0 Å². The van der Waals surface area contributed by atoms with Crippen molar-refractivity contribution in [1.29, 1.82) is 0 Å². The Hall–Kier alpha value is -2.19. The van der Waals surface area contributed by atoms with Crippen LogP contribution in [0.15, 0.2) is 47.5 Å². The Kier molecular flexibility index (Phi) is 4.32. The summed E-state index contributed by atoms with van der Waals surface area (Å²) < 4.78 is 46.7. The maximum atomic E-state index is 13.7. The van der Waals surface area contributed by atoms with Crippen molar-refractivity contribution in [2.45, 2.75) is 17.4 Å². The van der Waals surface area contributed by atoms with E-state index in [4.69, 9.17) is 4.74 Å². The lowest BCUT2D eigenvalue weighted by molar-refractivity contribution is 0.373. The molecule has 0 N–H and O–H groups in total. The summed E-state index contributed by atoms with van der Waals surface area (Å²) in [5.74, 6) is 0.657. The predicted molar refractivity (Wildman–Crippen MR) is 95.2 cm³/mol. The minimum atomic E-state index is -3.84. The van der Waals surface area contributed by atoms with Crippen LogP contribution in [0.1, 0.15) is 6.42 Å². The lowest BCUT2D eigenvalue weighted by Gasteiger charge is -2.25. The largest absolute Gasteiger partial charge is 0.495 e. The molecule has 26 heavy (non-hydrogen) atoms. The van der Waals surface area contributed by atoms with Crippen LogP contribution < -0.4 is 9.64 Å². The Labute approximate surface area is 152 Å². The Morgan fingerprint density at radius 1 is 1.23 bits per heavy atom. The van der Waals surface area contributed by atoms with Gasteiger partial charge in [-0.2, -0.15) is 4.31 Å². The van der Waals surface area contributed by atoms with Gasteiger partial charge in [0.25, 0.3) is 0 Å². The molecule has 2 saturated heterocycles. The van der Waals surface area contributed by atoms with Crippen LogP contribution in [0.4, 0.5) is 10.2 Å². The summed E-state index contributed by atoms with van der Waals surface area (Å²) in [7, 11) is -2.46. The highest BCUT2D eigenvalue weighted by atomic mass is 32.2. The summed E-state index contributed by atoms with van der Waals surface area (Å²) in [5.41, 5.74) is 0. The Morgan fingerprint density at radius 3 is 2.81 bits per heavy atom. The monoisotopic (exact) mass is 377 g/mol. The molecule has 2 unspecified atom stereocenters. The van der Waals surface area contributed by atoms with E-state index in [9.17, 15) is 12.8 Å². The quantitative estimate of drug-likeness (QED) is 0.817. The molecule has 2 aliphatic rings. The van der Waals surface area contributed by atoms with Crippen molar-refractivity contribution in [2.75, 3.05) is 31.6 Å². The topological polar surface area (TPSA) is 62.7 Å². The van der Waals surface area contributed by atoms with Crippen molar-refractivity contribution in [3.8, 4) is 5.75 Å². The van der Waals surface area contributed by atoms with E-state index < -0.39 is 15.8 Å². The summed E-state index contributed by atoms with van der Waals surface area (Å²) in [6.07, 6.45) is 2.51. The van der Waals surface area contributed by atoms with Crippen molar-refractivity contribution in [3.63, 3.8) is 0 Å². The van der Waals surface area contributed by atoms with Gasteiger partial charge in [0.15, 0.2) is 0 Å². The van der Waals surface area contributed by atoms with Crippen LogP contribution in [-0.4, -0.2) is 50.5 Å². The predicted octanol–water partition coefficient (Wildman–Crippen LogP) is 2.13. The third-order valence-corrected chi connectivity index (χ3v) is 7.13. The Balaban J connectivity index is 1.64. The van der Waals surface area contributed by atoms with Gasteiger partial charge in [0.05, 0.1) is 7.11 Å². The molecule has 0 amide bonds. The summed E-state index contributed by atoms with van der Waals surface area (Å²) in [6, 6.07) is 9.14. The number of anilines is 1. The molecule has 4 rings (SSSR count). The van der Waals surface area contributed by atoms with E-state index in [1.807, 2.05) is 18.2 Å². The summed E-state index contributed by atoms with van der Waals surface area (Å²) in [6.45, 7) is 1.79. The molecular weight excluding hydrogens is 357 g/mol. The average Bonchev–Trinajstić information content (AvgIpc) is 3.23. The number of aromatic nitrogens is 1. The van der Waals surface area contributed by atoms with Crippen LogP contribution in [0.3, 0.4) is 0 Å². The third-order valence-electron chi connectivity index (χ3n) is 5.18. The number of ether oxygens (including phenoxy) is 1. The highest BCUT2D eigenvalue weighted by Crippen LogP contribution is 2.38. The molecule has 2 aromatic rings. The first-order valence-corrected chi connectivity index (χ1v) is 9.96. The summed E-state index contributed by atoms with van der Waals surface area (Å²) in [4.78, 5) is 6.36. The van der Waals surface area contributed by atoms with Gasteiger partial charge in [0.2, 0.25) is 10.0 Å². The van der Waals surface area contributed by atoms with Crippen molar-refractivity contribution >= 4 is 15.8 Å². The van der Waals surface area contributed by atoms with E-state index in [2.05, 4.69) is 9.88 Å². The number of nitrogens with zero attached hydrogens (tertiary/aromatic N) is 3. The first-order chi connectivity index (χ1) is 12.5. The van der Waals surface area contributed by atoms with E-state index in [1.54, 1.807) is 6.20 Å². The van der Waals surface area contributed by atoms with Gasteiger partial charge in [-0.25, -0.2) is 17.8 Å². The molecule has 0 spiro atoms. The fourth-order valence-electron chi connectivity index (χ4n) is 3.93. The van der Waals surface area contributed by atoms with Gasteiger partial charge >= 0.3 is 0 Å². The highest BCUT2D eigenvalue weighted by molar-refractivity contribution is 7.89. The fraction of sp³-hybridized carbons (Fsp3) is 0.389. The van der Waals surface area contributed by atoms with E-state index in [0.717, 1.165) is 24.8 Å². The van der Waals surface area contributed by atoms with Crippen LogP contribution in [0.5, 0.6) is 5.75 Å². The number of rotatable bonds is 4. The number of methoxy groups -OCH3 is 1. The first kappa shape index (κ1) is 17.2. The zero-order valence-electron chi connectivity index (χ0n) is 14.4. The van der Waals surface area contributed by atoms with Crippen molar-refractivity contribution in [3.05, 3.63) is 48.4 Å². The summed E-state index contributed by atoms with van der Waals surface area (Å²) >= 11 is 0. The van der Waals surface area contributed by atoms with Crippen molar-refractivity contribution in [1.82, 2.24) is 9.29 Å². The van der Waals surface area contributed by atoms with Crippen molar-refractivity contribution in [2.24, 2.45) is 5.92 Å². The van der Waals surface area contributed by atoms with Crippen LogP contribution >= 0.6 is 0 Å². The Bertz CT molecular complexity index is 907. The zero-order valence-corrected chi connectivity index (χ0v) is 15.2. The molecule has 138 valence electrons. The molecule has 1 aromatic carbocycles. The van der Waals surface area contributed by atoms with Crippen molar-refractivity contribution < 1.29 is 17.5 Å². The van der Waals surface area contributed by atoms with Gasteiger partial charge in [-0.1, -0.05) is 6.07 Å². The SMILES string of the molecule is COc1ccc(F)cc1S(=O)(=O)N1CCC2CN(c3ccccn3)CC21. The molecule has 2 atom stereocenters. The number of sulfonamides is 1. The second-order valence-electron chi connectivity index (χ2n) is 6.62. The molecular formula is C18H20FN3O3S. The average molecular weight is 377 g/mol. The number of hydrogen-bond acceptors (Lipinski definition) is 5. The maximum Gasteiger partial charge on any atom is 0.247 e. The smallest absolute Gasteiger partial charge is 0.247 e.